The van der Waals surface area contributed by atoms with Gasteiger partial charge in [-0.25, -0.2) is 8.78 Å². The number of aromatic amines is 1. The second kappa shape index (κ2) is 6.40. The number of nitrogens with zero attached hydrogens (tertiary/aromatic N) is 1. The van der Waals surface area contributed by atoms with E-state index in [9.17, 15) is 13.6 Å². The van der Waals surface area contributed by atoms with Crippen molar-refractivity contribution in [1.82, 2.24) is 9.88 Å². The van der Waals surface area contributed by atoms with E-state index in [1.165, 1.54) is 6.07 Å². The summed E-state index contributed by atoms with van der Waals surface area (Å²) in [6.45, 7) is 3.17. The third-order valence-electron chi connectivity index (χ3n) is 4.06. The van der Waals surface area contributed by atoms with Crippen molar-refractivity contribution in [2.45, 2.75) is 25.8 Å². The van der Waals surface area contributed by atoms with Gasteiger partial charge >= 0.3 is 0 Å². The number of halogens is 2. The number of rotatable bonds is 3. The lowest BCUT2D eigenvalue weighted by atomic mass is 10.0. The number of aromatic nitrogens is 1. The molecule has 1 saturated heterocycles. The molecule has 1 aromatic heterocycles. The molecule has 6 heteroatoms. The van der Waals surface area contributed by atoms with Gasteiger partial charge in [0.05, 0.1) is 0 Å². The summed E-state index contributed by atoms with van der Waals surface area (Å²) in [5.41, 5.74) is 2.12. The first-order valence-corrected chi connectivity index (χ1v) is 7.69. The fourth-order valence-electron chi connectivity index (χ4n) is 2.90. The average molecular weight is 319 g/mol. The number of hydrogen-bond donors (Lipinski definition) is 2. The van der Waals surface area contributed by atoms with E-state index in [4.69, 9.17) is 0 Å². The first-order valence-electron chi connectivity index (χ1n) is 7.69. The van der Waals surface area contributed by atoms with Crippen LogP contribution in [0.15, 0.2) is 30.5 Å². The Bertz CT molecular complexity index is 714. The van der Waals surface area contributed by atoms with E-state index in [2.05, 4.69) is 10.3 Å². The maximum absolute atomic E-state index is 13.3. The highest BCUT2D eigenvalue weighted by Gasteiger charge is 2.25. The standard InChI is InChI=1S/C17H19F2N3O/c1-11-7-16(20-9-11)17(23)22-6-2-3-13(10-22)21-12-4-5-14(18)15(19)8-12/h4-5,7-9,13,20-21H,2-3,6,10H2,1H3. The molecular weight excluding hydrogens is 300 g/mol. The predicted octanol–water partition coefficient (Wildman–Crippen LogP) is 3.32. The number of aryl methyl sites for hydroxylation is 1. The van der Waals surface area contributed by atoms with Crippen LogP contribution in [0.2, 0.25) is 0 Å². The SMILES string of the molecule is Cc1c[nH]c(C(=O)N2CCCC(Nc3ccc(F)c(F)c3)C2)c1. The van der Waals surface area contributed by atoms with Crippen LogP contribution in [0.5, 0.6) is 0 Å². The Kier molecular flexibility index (Phi) is 4.32. The molecule has 1 aliphatic rings. The summed E-state index contributed by atoms with van der Waals surface area (Å²) in [6.07, 6.45) is 3.55. The molecule has 0 aliphatic carbocycles. The Morgan fingerprint density at radius 1 is 1.30 bits per heavy atom. The summed E-state index contributed by atoms with van der Waals surface area (Å²) in [7, 11) is 0. The van der Waals surface area contributed by atoms with Crippen LogP contribution < -0.4 is 5.32 Å². The van der Waals surface area contributed by atoms with E-state index in [0.29, 0.717) is 24.5 Å². The maximum Gasteiger partial charge on any atom is 0.270 e. The normalized spacial score (nSPS) is 18.0. The Balaban J connectivity index is 1.66. The van der Waals surface area contributed by atoms with Crippen molar-refractivity contribution in [1.29, 1.82) is 0 Å². The molecular formula is C17H19F2N3O. The summed E-state index contributed by atoms with van der Waals surface area (Å²) in [5.74, 6) is -1.77. The minimum atomic E-state index is -0.874. The Labute approximate surface area is 133 Å². The Hall–Kier alpha value is -2.37. The molecule has 122 valence electrons. The van der Waals surface area contributed by atoms with Gasteiger partial charge in [-0.3, -0.25) is 4.79 Å². The first kappa shape index (κ1) is 15.5. The summed E-state index contributed by atoms with van der Waals surface area (Å²) >= 11 is 0. The molecule has 1 atom stereocenters. The van der Waals surface area contributed by atoms with Crippen molar-refractivity contribution in [3.05, 3.63) is 53.4 Å². The van der Waals surface area contributed by atoms with Gasteiger partial charge in [0.25, 0.3) is 5.91 Å². The largest absolute Gasteiger partial charge is 0.380 e. The van der Waals surface area contributed by atoms with Crippen molar-refractivity contribution in [3.63, 3.8) is 0 Å². The third-order valence-corrected chi connectivity index (χ3v) is 4.06. The topological polar surface area (TPSA) is 48.1 Å². The number of anilines is 1. The zero-order valence-corrected chi connectivity index (χ0v) is 12.9. The highest BCUT2D eigenvalue weighted by molar-refractivity contribution is 5.92. The van der Waals surface area contributed by atoms with Crippen LogP contribution in [-0.2, 0) is 0 Å². The lowest BCUT2D eigenvalue weighted by Crippen LogP contribution is -2.45. The number of carbonyl (C=O) groups is 1. The summed E-state index contributed by atoms with van der Waals surface area (Å²) in [4.78, 5) is 17.2. The second-order valence-electron chi connectivity index (χ2n) is 5.95. The van der Waals surface area contributed by atoms with Gasteiger partial charge in [0.2, 0.25) is 0 Å². The van der Waals surface area contributed by atoms with E-state index in [-0.39, 0.29) is 11.9 Å². The molecule has 1 amide bonds. The number of hydrogen-bond acceptors (Lipinski definition) is 2. The summed E-state index contributed by atoms with van der Waals surface area (Å²) < 4.78 is 26.3. The quantitative estimate of drug-likeness (QED) is 0.912. The van der Waals surface area contributed by atoms with Gasteiger partial charge in [0, 0.05) is 37.1 Å². The maximum atomic E-state index is 13.3. The van der Waals surface area contributed by atoms with E-state index in [1.54, 1.807) is 11.1 Å². The molecule has 0 radical (unpaired) electrons. The third kappa shape index (κ3) is 3.52. The molecule has 1 unspecified atom stereocenters. The van der Waals surface area contributed by atoms with Gasteiger partial charge in [0.1, 0.15) is 5.69 Å². The molecule has 0 saturated carbocycles. The van der Waals surface area contributed by atoms with E-state index < -0.39 is 11.6 Å². The second-order valence-corrected chi connectivity index (χ2v) is 5.95. The molecule has 1 aromatic carbocycles. The fourth-order valence-corrected chi connectivity index (χ4v) is 2.90. The monoisotopic (exact) mass is 319 g/mol. The van der Waals surface area contributed by atoms with E-state index in [1.807, 2.05) is 13.0 Å². The highest BCUT2D eigenvalue weighted by atomic mass is 19.2. The predicted molar refractivity (Wildman–Crippen MR) is 84.4 cm³/mol. The number of H-pyrrole nitrogens is 1. The van der Waals surface area contributed by atoms with Crippen LogP contribution in [0.1, 0.15) is 28.9 Å². The molecule has 0 bridgehead atoms. The van der Waals surface area contributed by atoms with Crippen molar-refractivity contribution >= 4 is 11.6 Å². The molecule has 1 aliphatic heterocycles. The Morgan fingerprint density at radius 2 is 2.13 bits per heavy atom. The van der Waals surface area contributed by atoms with Gasteiger partial charge in [-0.05, 0) is 43.5 Å². The smallest absolute Gasteiger partial charge is 0.270 e. The van der Waals surface area contributed by atoms with Crippen molar-refractivity contribution in [2.24, 2.45) is 0 Å². The summed E-state index contributed by atoms with van der Waals surface area (Å²) in [6, 6.07) is 5.60. The van der Waals surface area contributed by atoms with Gasteiger partial charge < -0.3 is 15.2 Å². The van der Waals surface area contributed by atoms with Gasteiger partial charge in [-0.2, -0.15) is 0 Å². The lowest BCUT2D eigenvalue weighted by molar-refractivity contribution is 0.0709. The zero-order chi connectivity index (χ0) is 16.4. The number of nitrogens with one attached hydrogen (secondary N) is 2. The van der Waals surface area contributed by atoms with Gasteiger partial charge in [-0.15, -0.1) is 0 Å². The average Bonchev–Trinajstić information content (AvgIpc) is 2.97. The van der Waals surface area contributed by atoms with Crippen molar-refractivity contribution < 1.29 is 13.6 Å². The first-order chi connectivity index (χ1) is 11.0. The van der Waals surface area contributed by atoms with E-state index in [0.717, 1.165) is 30.5 Å². The number of carbonyl (C=O) groups excluding carboxylic acids is 1. The fraction of sp³-hybridized carbons (Fsp3) is 0.353. The van der Waals surface area contributed by atoms with Crippen LogP contribution in [0.3, 0.4) is 0 Å². The minimum Gasteiger partial charge on any atom is -0.380 e. The Morgan fingerprint density at radius 3 is 2.83 bits per heavy atom. The van der Waals surface area contributed by atoms with Crippen LogP contribution in [0.25, 0.3) is 0 Å². The van der Waals surface area contributed by atoms with Crippen LogP contribution >= 0.6 is 0 Å². The van der Waals surface area contributed by atoms with Gasteiger partial charge in [-0.1, -0.05) is 0 Å². The molecule has 4 nitrogen and oxygen atoms in total. The number of benzene rings is 1. The molecule has 23 heavy (non-hydrogen) atoms. The van der Waals surface area contributed by atoms with Crippen LogP contribution in [0, 0.1) is 18.6 Å². The van der Waals surface area contributed by atoms with Crippen LogP contribution in [0.4, 0.5) is 14.5 Å². The van der Waals surface area contributed by atoms with Crippen LogP contribution in [-0.4, -0.2) is 34.9 Å². The molecule has 2 heterocycles. The summed E-state index contributed by atoms with van der Waals surface area (Å²) in [5, 5.41) is 3.18. The van der Waals surface area contributed by atoms with E-state index >= 15 is 0 Å². The molecule has 0 spiro atoms. The molecule has 2 N–H and O–H groups in total. The highest BCUT2D eigenvalue weighted by Crippen LogP contribution is 2.19. The number of amides is 1. The number of likely N-dealkylation sites (tertiary alicyclic amines) is 1. The molecule has 1 fully saturated rings. The van der Waals surface area contributed by atoms with Crippen molar-refractivity contribution in [3.8, 4) is 0 Å². The lowest BCUT2D eigenvalue weighted by Gasteiger charge is -2.33. The zero-order valence-electron chi connectivity index (χ0n) is 12.9. The van der Waals surface area contributed by atoms with Gasteiger partial charge in [0.15, 0.2) is 11.6 Å². The van der Waals surface area contributed by atoms with Crippen molar-refractivity contribution in [2.75, 3.05) is 18.4 Å². The minimum absolute atomic E-state index is 0.0219. The molecule has 2 aromatic rings. The number of piperidine rings is 1. The molecule has 3 rings (SSSR count).